The molecule has 2 aliphatic carbocycles. The van der Waals surface area contributed by atoms with Gasteiger partial charge in [0.1, 0.15) is 0 Å². The zero-order chi connectivity index (χ0) is 31.3. The van der Waals surface area contributed by atoms with Gasteiger partial charge in [-0.3, -0.25) is 19.1 Å². The van der Waals surface area contributed by atoms with Gasteiger partial charge in [-0.15, -0.1) is 12.4 Å². The van der Waals surface area contributed by atoms with Crippen LogP contribution in [0.25, 0.3) is 11.3 Å². The summed E-state index contributed by atoms with van der Waals surface area (Å²) in [7, 11) is 1.45. The van der Waals surface area contributed by atoms with E-state index in [0.29, 0.717) is 26.2 Å². The first-order valence-corrected chi connectivity index (χ1v) is 14.9. The minimum atomic E-state index is -4.67. The van der Waals surface area contributed by atoms with Gasteiger partial charge in [-0.1, -0.05) is 18.0 Å². The Morgan fingerprint density at radius 1 is 1.04 bits per heavy atom. The van der Waals surface area contributed by atoms with Crippen molar-refractivity contribution in [3.05, 3.63) is 52.7 Å². The fourth-order valence-corrected chi connectivity index (χ4v) is 6.23. The summed E-state index contributed by atoms with van der Waals surface area (Å²) in [4.78, 5) is 46.6. The first kappa shape index (κ1) is 32.8. The summed E-state index contributed by atoms with van der Waals surface area (Å²) in [5.74, 6) is -1.18. The number of carbonyl (C=O) groups excluding carboxylic acids is 3. The smallest absolute Gasteiger partial charge is 0.339 e. The number of hydrogen-bond acceptors (Lipinski definition) is 6. The number of hydrogen-bond donors (Lipinski definition) is 2. The Kier molecular flexibility index (Phi) is 9.20. The van der Waals surface area contributed by atoms with Gasteiger partial charge in [0.05, 0.1) is 40.0 Å². The van der Waals surface area contributed by atoms with Crippen LogP contribution in [-0.2, 0) is 18.0 Å². The Morgan fingerprint density at radius 3 is 2.33 bits per heavy atom. The van der Waals surface area contributed by atoms with Crippen molar-refractivity contribution >= 4 is 47.4 Å². The van der Waals surface area contributed by atoms with Gasteiger partial charge in [0.2, 0.25) is 5.91 Å². The van der Waals surface area contributed by atoms with E-state index in [4.69, 9.17) is 17.3 Å². The van der Waals surface area contributed by atoms with Crippen molar-refractivity contribution in [3.63, 3.8) is 0 Å². The van der Waals surface area contributed by atoms with Crippen molar-refractivity contribution in [3.8, 4) is 11.3 Å². The molecule has 3 fully saturated rings. The number of nitrogens with zero attached hydrogens (tertiary/aromatic N) is 6. The van der Waals surface area contributed by atoms with E-state index >= 15 is 0 Å². The molecule has 0 bridgehead atoms. The molecule has 2 atom stereocenters. The van der Waals surface area contributed by atoms with Crippen molar-refractivity contribution < 1.29 is 27.6 Å². The fraction of sp³-hybridized carbons (Fsp3) is 0.483. The van der Waals surface area contributed by atoms with Crippen LogP contribution in [0.2, 0.25) is 5.02 Å². The molecule has 6 rings (SSSR count). The predicted molar refractivity (Wildman–Crippen MR) is 162 cm³/mol. The van der Waals surface area contributed by atoms with Gasteiger partial charge in [-0.2, -0.15) is 18.3 Å². The molecular weight excluding hydrogens is 636 g/mol. The maximum Gasteiger partial charge on any atom is 0.435 e. The van der Waals surface area contributed by atoms with Gasteiger partial charge in [-0.25, -0.2) is 4.98 Å². The zero-order valence-corrected chi connectivity index (χ0v) is 26.0. The van der Waals surface area contributed by atoms with Crippen LogP contribution < -0.4 is 11.1 Å². The summed E-state index contributed by atoms with van der Waals surface area (Å²) in [6.45, 7) is 1.55. The molecule has 1 aromatic carbocycles. The van der Waals surface area contributed by atoms with Crippen LogP contribution in [0.15, 0.2) is 30.6 Å². The van der Waals surface area contributed by atoms with Crippen LogP contribution in [0, 0.1) is 5.92 Å². The molecule has 3 amide bonds. The fourth-order valence-electron chi connectivity index (χ4n) is 5.97. The lowest BCUT2D eigenvalue weighted by atomic mass is 10.0. The standard InChI is InChI=1S/C29H32ClF3N8O3.ClH/c1-38-23(20-15-41(17-6-7-17)37-24(20)29(31,32)33)14-35-25(38)26(42)36-16-5-8-18(21(30)13-16)27(43)39-9-11-40(12-10-39)28(44)19-3-2-4-22(19)34;/h5,8,13-15,17,19,22H,2-4,6-7,9-12,34H2,1H3,(H,36,42);1H/t19-,22+;/m1./s1. The molecule has 0 spiro atoms. The molecule has 0 radical (unpaired) electrons. The highest BCUT2D eigenvalue weighted by Gasteiger charge is 2.40. The van der Waals surface area contributed by atoms with Crippen LogP contribution in [0.3, 0.4) is 0 Å². The maximum absolute atomic E-state index is 13.7. The number of amides is 3. The number of aromatic nitrogens is 4. The molecule has 0 unspecified atom stereocenters. The van der Waals surface area contributed by atoms with Gasteiger partial charge in [0.25, 0.3) is 11.8 Å². The normalized spacial score (nSPS) is 20.2. The highest BCUT2D eigenvalue weighted by atomic mass is 35.5. The van der Waals surface area contributed by atoms with E-state index in [9.17, 15) is 27.6 Å². The number of nitrogens with two attached hydrogens (primary N) is 1. The monoisotopic (exact) mass is 668 g/mol. The number of benzene rings is 1. The van der Waals surface area contributed by atoms with E-state index in [1.807, 2.05) is 0 Å². The number of piperazine rings is 1. The molecule has 16 heteroatoms. The topological polar surface area (TPSA) is 131 Å². The second kappa shape index (κ2) is 12.6. The molecule has 3 aliphatic rings. The Hall–Kier alpha value is -3.62. The summed E-state index contributed by atoms with van der Waals surface area (Å²) < 4.78 is 43.8. The Labute approximate surface area is 268 Å². The molecule has 3 N–H and O–H groups in total. The van der Waals surface area contributed by atoms with Crippen molar-refractivity contribution in [2.24, 2.45) is 18.7 Å². The first-order chi connectivity index (χ1) is 20.9. The van der Waals surface area contributed by atoms with E-state index < -0.39 is 17.8 Å². The molecule has 1 aliphatic heterocycles. The van der Waals surface area contributed by atoms with Crippen LogP contribution in [-0.4, -0.2) is 79.1 Å². The van der Waals surface area contributed by atoms with Crippen LogP contribution in [0.5, 0.6) is 0 Å². The summed E-state index contributed by atoms with van der Waals surface area (Å²) in [6.07, 6.45) is 2.00. The molecular formula is C29H33Cl2F3N8O3. The number of imidazole rings is 1. The average Bonchev–Trinajstić information content (AvgIpc) is 3.38. The van der Waals surface area contributed by atoms with Crippen molar-refractivity contribution in [1.29, 1.82) is 0 Å². The Balaban J connectivity index is 0.00000400. The van der Waals surface area contributed by atoms with Crippen molar-refractivity contribution in [1.82, 2.24) is 29.1 Å². The van der Waals surface area contributed by atoms with Gasteiger partial charge in [0.15, 0.2) is 11.5 Å². The van der Waals surface area contributed by atoms with Crippen molar-refractivity contribution in [2.75, 3.05) is 31.5 Å². The first-order valence-electron chi connectivity index (χ1n) is 14.6. The number of rotatable bonds is 6. The molecule has 2 saturated carbocycles. The van der Waals surface area contributed by atoms with E-state index in [0.717, 1.165) is 32.1 Å². The summed E-state index contributed by atoms with van der Waals surface area (Å²) in [5.41, 5.74) is 5.53. The number of anilines is 1. The molecule has 3 aromatic rings. The van der Waals surface area contributed by atoms with E-state index in [1.54, 1.807) is 9.80 Å². The van der Waals surface area contributed by atoms with E-state index in [-0.39, 0.29) is 75.6 Å². The number of carbonyl (C=O) groups is 3. The molecule has 242 valence electrons. The molecule has 1 saturated heterocycles. The van der Waals surface area contributed by atoms with Gasteiger partial charge in [0, 0.05) is 51.2 Å². The van der Waals surface area contributed by atoms with E-state index in [2.05, 4.69) is 15.4 Å². The third-order valence-electron chi connectivity index (χ3n) is 8.61. The molecule has 45 heavy (non-hydrogen) atoms. The van der Waals surface area contributed by atoms with Crippen molar-refractivity contribution in [2.45, 2.75) is 50.4 Å². The molecule has 3 heterocycles. The zero-order valence-electron chi connectivity index (χ0n) is 24.4. The predicted octanol–water partition coefficient (Wildman–Crippen LogP) is 4.38. The van der Waals surface area contributed by atoms with Crippen LogP contribution in [0.1, 0.15) is 64.8 Å². The minimum absolute atomic E-state index is 0. The third-order valence-corrected chi connectivity index (χ3v) is 8.92. The average molecular weight is 670 g/mol. The quantitative estimate of drug-likeness (QED) is 0.401. The second-order valence-electron chi connectivity index (χ2n) is 11.6. The van der Waals surface area contributed by atoms with Crippen LogP contribution >= 0.6 is 24.0 Å². The Morgan fingerprint density at radius 2 is 1.73 bits per heavy atom. The lowest BCUT2D eigenvalue weighted by Crippen LogP contribution is -2.53. The highest BCUT2D eigenvalue weighted by Crippen LogP contribution is 2.41. The minimum Gasteiger partial charge on any atom is -0.339 e. The maximum atomic E-state index is 13.7. The SMILES string of the molecule is Cl.Cn1c(-c2cn(C3CC3)nc2C(F)(F)F)cnc1C(=O)Nc1ccc(C(=O)N2CCN(C(=O)[C@@H]3CCC[C@@H]3N)CC2)c(Cl)c1. The summed E-state index contributed by atoms with van der Waals surface area (Å²) in [5, 5.41) is 6.53. The lowest BCUT2D eigenvalue weighted by molar-refractivity contribution is -0.141. The third kappa shape index (κ3) is 6.54. The van der Waals surface area contributed by atoms with Gasteiger partial charge < -0.3 is 25.4 Å². The number of nitrogens with one attached hydrogen (secondary N) is 1. The molecule has 2 aromatic heterocycles. The molecule has 11 nitrogen and oxygen atoms in total. The highest BCUT2D eigenvalue weighted by molar-refractivity contribution is 6.34. The van der Waals surface area contributed by atoms with Gasteiger partial charge >= 0.3 is 6.18 Å². The lowest BCUT2D eigenvalue weighted by Gasteiger charge is -2.36. The second-order valence-corrected chi connectivity index (χ2v) is 12.0. The Bertz CT molecular complexity index is 1610. The largest absolute Gasteiger partial charge is 0.435 e. The number of alkyl halides is 3. The van der Waals surface area contributed by atoms with E-state index in [1.165, 1.54) is 46.9 Å². The number of halogens is 5. The summed E-state index contributed by atoms with van der Waals surface area (Å²) >= 11 is 6.45. The van der Waals surface area contributed by atoms with Gasteiger partial charge in [-0.05, 0) is 43.9 Å². The van der Waals surface area contributed by atoms with Crippen LogP contribution in [0.4, 0.5) is 18.9 Å². The summed E-state index contributed by atoms with van der Waals surface area (Å²) in [6, 6.07) is 4.28.